The van der Waals surface area contributed by atoms with Crippen molar-refractivity contribution in [3.63, 3.8) is 0 Å². The van der Waals surface area contributed by atoms with Gasteiger partial charge in [0.25, 0.3) is 0 Å². The summed E-state index contributed by atoms with van der Waals surface area (Å²) in [6.07, 6.45) is -2.08. The Morgan fingerprint density at radius 2 is 2.17 bits per heavy atom. The lowest BCUT2D eigenvalue weighted by Gasteiger charge is -2.21. The van der Waals surface area contributed by atoms with Gasteiger partial charge in [-0.2, -0.15) is 13.2 Å². The second-order valence-electron chi connectivity index (χ2n) is 4.28. The first-order valence-corrected chi connectivity index (χ1v) is 7.37. The number of rotatable bonds is 2. The minimum absolute atomic E-state index is 0.0363. The van der Waals surface area contributed by atoms with Crippen molar-refractivity contribution in [2.24, 2.45) is 5.92 Å². The first-order chi connectivity index (χ1) is 8.41. The van der Waals surface area contributed by atoms with Crippen molar-refractivity contribution in [3.8, 4) is 0 Å². The van der Waals surface area contributed by atoms with E-state index in [0.717, 1.165) is 17.8 Å². The molecule has 7 heteroatoms. The van der Waals surface area contributed by atoms with Gasteiger partial charge in [-0.3, -0.25) is 0 Å². The van der Waals surface area contributed by atoms with Gasteiger partial charge in [0, 0.05) is 29.1 Å². The van der Waals surface area contributed by atoms with Crippen LogP contribution in [0, 0.1) is 5.92 Å². The van der Waals surface area contributed by atoms with E-state index in [-0.39, 0.29) is 5.82 Å². The van der Waals surface area contributed by atoms with Gasteiger partial charge in [-0.1, -0.05) is 15.9 Å². The molecule has 0 amide bonds. The normalized spacial score (nSPS) is 20.5. The van der Waals surface area contributed by atoms with Gasteiger partial charge in [-0.15, -0.1) is 0 Å². The van der Waals surface area contributed by atoms with Gasteiger partial charge in [0.15, 0.2) is 0 Å². The van der Waals surface area contributed by atoms with Crippen LogP contribution >= 0.6 is 31.9 Å². The van der Waals surface area contributed by atoms with E-state index >= 15 is 0 Å². The Bertz CT molecular complexity index is 437. The molecule has 1 aliphatic rings. The average Bonchev–Trinajstić information content (AvgIpc) is 2.76. The molecule has 0 N–H and O–H groups in total. The van der Waals surface area contributed by atoms with Crippen LogP contribution in [0.15, 0.2) is 16.7 Å². The summed E-state index contributed by atoms with van der Waals surface area (Å²) in [6.45, 7) is 1.23. The number of aromatic nitrogens is 1. The molecular formula is C11H11Br2F3N2. The van der Waals surface area contributed by atoms with Gasteiger partial charge < -0.3 is 4.90 Å². The highest BCUT2D eigenvalue weighted by Crippen LogP contribution is 2.38. The molecule has 0 aromatic carbocycles. The molecule has 1 fully saturated rings. The summed E-state index contributed by atoms with van der Waals surface area (Å²) in [5, 5.41) is 0.807. The van der Waals surface area contributed by atoms with Crippen LogP contribution in [0.5, 0.6) is 0 Å². The molecule has 1 atom stereocenters. The summed E-state index contributed by atoms with van der Waals surface area (Å²) in [6, 6.07) is 1.09. The van der Waals surface area contributed by atoms with Gasteiger partial charge >= 0.3 is 6.18 Å². The summed E-state index contributed by atoms with van der Waals surface area (Å²) >= 11 is 6.40. The molecule has 0 radical (unpaired) electrons. The quantitative estimate of drug-likeness (QED) is 0.710. The Labute approximate surface area is 120 Å². The lowest BCUT2D eigenvalue weighted by Crippen LogP contribution is -2.24. The minimum atomic E-state index is -4.38. The van der Waals surface area contributed by atoms with Gasteiger partial charge in [-0.25, -0.2) is 4.98 Å². The lowest BCUT2D eigenvalue weighted by atomic mass is 10.2. The minimum Gasteiger partial charge on any atom is -0.356 e. The molecule has 2 nitrogen and oxygen atoms in total. The lowest BCUT2D eigenvalue weighted by molar-refractivity contribution is -0.137. The fourth-order valence-electron chi connectivity index (χ4n) is 2.04. The molecule has 0 aliphatic carbocycles. The Balaban J connectivity index is 2.33. The monoisotopic (exact) mass is 386 g/mol. The molecule has 1 aromatic rings. The molecule has 18 heavy (non-hydrogen) atoms. The fraction of sp³-hybridized carbons (Fsp3) is 0.545. The number of hydrogen-bond acceptors (Lipinski definition) is 2. The smallest absolute Gasteiger partial charge is 0.356 e. The van der Waals surface area contributed by atoms with Crippen LogP contribution in [0.4, 0.5) is 19.0 Å². The largest absolute Gasteiger partial charge is 0.419 e. The molecule has 1 aromatic heterocycles. The van der Waals surface area contributed by atoms with Crippen LogP contribution in [0.1, 0.15) is 12.0 Å². The van der Waals surface area contributed by atoms with Crippen molar-refractivity contribution < 1.29 is 13.2 Å². The van der Waals surface area contributed by atoms with Crippen molar-refractivity contribution in [2.75, 3.05) is 23.3 Å². The summed E-state index contributed by atoms with van der Waals surface area (Å²) in [5.41, 5.74) is -0.674. The third-order valence-electron chi connectivity index (χ3n) is 2.94. The number of hydrogen-bond donors (Lipinski definition) is 0. The van der Waals surface area contributed by atoms with E-state index in [1.807, 2.05) is 0 Å². The van der Waals surface area contributed by atoms with Crippen LogP contribution in [0.3, 0.4) is 0 Å². The van der Waals surface area contributed by atoms with Crippen LogP contribution in [-0.2, 0) is 6.18 Å². The average molecular weight is 388 g/mol. The maximum atomic E-state index is 13.0. The Morgan fingerprint density at radius 3 is 2.72 bits per heavy atom. The van der Waals surface area contributed by atoms with Crippen LogP contribution in [0.2, 0.25) is 0 Å². The molecular weight excluding hydrogens is 377 g/mol. The third kappa shape index (κ3) is 2.99. The van der Waals surface area contributed by atoms with Crippen LogP contribution in [0.25, 0.3) is 0 Å². The van der Waals surface area contributed by atoms with E-state index in [1.165, 1.54) is 6.20 Å². The zero-order chi connectivity index (χ0) is 13.3. The number of halogens is 5. The molecule has 2 rings (SSSR count). The third-order valence-corrected chi connectivity index (χ3v) is 4.29. The maximum Gasteiger partial charge on any atom is 0.419 e. The first kappa shape index (κ1) is 14.1. The van der Waals surface area contributed by atoms with E-state index in [1.54, 1.807) is 4.90 Å². The molecule has 1 saturated heterocycles. The number of anilines is 1. The fourth-order valence-corrected chi connectivity index (χ4v) is 2.90. The molecule has 1 unspecified atom stereocenters. The molecule has 0 saturated carbocycles. The number of pyridine rings is 1. The van der Waals surface area contributed by atoms with Crippen molar-refractivity contribution in [2.45, 2.75) is 12.6 Å². The van der Waals surface area contributed by atoms with Crippen molar-refractivity contribution in [1.82, 2.24) is 4.98 Å². The van der Waals surface area contributed by atoms with Crippen molar-refractivity contribution in [3.05, 3.63) is 22.3 Å². The number of nitrogens with zero attached hydrogens (tertiary/aromatic N) is 2. The van der Waals surface area contributed by atoms with Crippen LogP contribution < -0.4 is 4.90 Å². The van der Waals surface area contributed by atoms with E-state index in [0.29, 0.717) is 23.5 Å². The predicted molar refractivity (Wildman–Crippen MR) is 71.1 cm³/mol. The Morgan fingerprint density at radius 1 is 1.44 bits per heavy atom. The van der Waals surface area contributed by atoms with Gasteiger partial charge in [0.1, 0.15) is 5.82 Å². The van der Waals surface area contributed by atoms with E-state index in [4.69, 9.17) is 0 Å². The Hall–Kier alpha value is -0.300. The van der Waals surface area contributed by atoms with Crippen molar-refractivity contribution in [1.29, 1.82) is 0 Å². The molecule has 0 bridgehead atoms. The van der Waals surface area contributed by atoms with E-state index in [9.17, 15) is 13.2 Å². The van der Waals surface area contributed by atoms with E-state index in [2.05, 4.69) is 36.8 Å². The highest BCUT2D eigenvalue weighted by molar-refractivity contribution is 9.10. The summed E-state index contributed by atoms with van der Waals surface area (Å²) in [5.74, 6) is 0.422. The van der Waals surface area contributed by atoms with Crippen LogP contribution in [-0.4, -0.2) is 23.4 Å². The summed E-state index contributed by atoms with van der Waals surface area (Å²) < 4.78 is 39.2. The summed E-state index contributed by atoms with van der Waals surface area (Å²) in [7, 11) is 0. The zero-order valence-electron chi connectivity index (χ0n) is 9.34. The van der Waals surface area contributed by atoms with E-state index < -0.39 is 11.7 Å². The SMILES string of the molecule is FC(F)(F)c1cc(Br)cnc1N1CCC(CBr)C1. The van der Waals surface area contributed by atoms with Gasteiger partial charge in [0.2, 0.25) is 0 Å². The Kier molecular flexibility index (Phi) is 4.21. The molecule has 1 aliphatic heterocycles. The number of alkyl halides is 4. The highest BCUT2D eigenvalue weighted by atomic mass is 79.9. The van der Waals surface area contributed by atoms with Gasteiger partial charge in [-0.05, 0) is 34.3 Å². The second kappa shape index (κ2) is 5.36. The maximum absolute atomic E-state index is 13.0. The van der Waals surface area contributed by atoms with Crippen molar-refractivity contribution >= 4 is 37.7 Å². The topological polar surface area (TPSA) is 16.1 Å². The van der Waals surface area contributed by atoms with Gasteiger partial charge in [0.05, 0.1) is 5.56 Å². The first-order valence-electron chi connectivity index (χ1n) is 5.45. The zero-order valence-corrected chi connectivity index (χ0v) is 12.5. The highest BCUT2D eigenvalue weighted by Gasteiger charge is 2.37. The molecule has 0 spiro atoms. The predicted octanol–water partition coefficient (Wildman–Crippen LogP) is 4.08. The standard InChI is InChI=1S/C11H11Br2F3N2/c12-4-7-1-2-18(6-7)10-9(11(14,15)16)3-8(13)5-17-10/h3,5,7H,1-2,4,6H2. The summed E-state index contributed by atoms with van der Waals surface area (Å²) in [4.78, 5) is 5.65. The molecule has 100 valence electrons. The second-order valence-corrected chi connectivity index (χ2v) is 5.84. The molecule has 2 heterocycles.